The van der Waals surface area contributed by atoms with Gasteiger partial charge in [-0.3, -0.25) is 4.98 Å². The molecule has 0 radical (unpaired) electrons. The lowest BCUT2D eigenvalue weighted by Crippen LogP contribution is -1.99. The lowest BCUT2D eigenvalue weighted by molar-refractivity contribution is 0.975. The van der Waals surface area contributed by atoms with Gasteiger partial charge in [0.2, 0.25) is 5.28 Å². The Morgan fingerprint density at radius 1 is 1.15 bits per heavy atom. The van der Waals surface area contributed by atoms with Crippen LogP contribution in [0.4, 0.5) is 11.5 Å². The Morgan fingerprint density at radius 2 is 2.00 bits per heavy atom. The summed E-state index contributed by atoms with van der Waals surface area (Å²) in [4.78, 5) is 8.38. The summed E-state index contributed by atoms with van der Waals surface area (Å²) in [5.41, 5.74) is 1.55. The number of hydrogen-bond donors (Lipinski definition) is 1. The molecule has 0 aliphatic carbocycles. The van der Waals surface area contributed by atoms with Crippen LogP contribution in [0.5, 0.6) is 0 Å². The second kappa shape index (κ2) is 5.47. The Morgan fingerprint density at radius 3 is 2.85 bits per heavy atom. The zero-order chi connectivity index (χ0) is 14.1. The first-order valence-corrected chi connectivity index (χ1v) is 7.05. The van der Waals surface area contributed by atoms with Crippen LogP contribution in [0.15, 0.2) is 34.9 Å². The van der Waals surface area contributed by atoms with Gasteiger partial charge in [-0.1, -0.05) is 23.7 Å². The summed E-state index contributed by atoms with van der Waals surface area (Å²) >= 11 is 15.0. The summed E-state index contributed by atoms with van der Waals surface area (Å²) in [5.74, 6) is 0.337. The number of nitrogens with zero attached hydrogens (tertiary/aromatic N) is 4. The van der Waals surface area contributed by atoms with Crippen LogP contribution in [0.3, 0.4) is 0 Å². The topological polar surface area (TPSA) is 63.6 Å². The lowest BCUT2D eigenvalue weighted by atomic mass is 10.2. The van der Waals surface area contributed by atoms with E-state index in [-0.39, 0.29) is 10.4 Å². The molecule has 2 heterocycles. The number of pyridine rings is 1. The summed E-state index contributed by atoms with van der Waals surface area (Å²) in [6.45, 7) is 0. The number of anilines is 2. The van der Waals surface area contributed by atoms with Crippen molar-refractivity contribution in [3.05, 3.63) is 45.4 Å². The highest BCUT2D eigenvalue weighted by molar-refractivity contribution is 9.10. The van der Waals surface area contributed by atoms with E-state index in [2.05, 4.69) is 41.4 Å². The predicted molar refractivity (Wildman–Crippen MR) is 82.6 cm³/mol. The monoisotopic (exact) mass is 369 g/mol. The average molecular weight is 371 g/mol. The molecule has 0 atom stereocenters. The highest BCUT2D eigenvalue weighted by atomic mass is 79.9. The summed E-state index contributed by atoms with van der Waals surface area (Å²) in [6.07, 6.45) is 1.72. The van der Waals surface area contributed by atoms with Crippen LogP contribution in [0.1, 0.15) is 0 Å². The fourth-order valence-corrected chi connectivity index (χ4v) is 2.33. The number of benzene rings is 1. The molecule has 2 aromatic heterocycles. The quantitative estimate of drug-likeness (QED) is 0.731. The minimum absolute atomic E-state index is 0.0211. The third-order valence-electron chi connectivity index (χ3n) is 2.55. The van der Waals surface area contributed by atoms with Gasteiger partial charge in [-0.15, -0.1) is 10.2 Å². The molecule has 100 valence electrons. The molecule has 0 aliphatic heterocycles. The lowest BCUT2D eigenvalue weighted by Gasteiger charge is -2.09. The fraction of sp³-hybridized carbons (Fsp3) is 0. The van der Waals surface area contributed by atoms with Gasteiger partial charge in [0.1, 0.15) is 0 Å². The van der Waals surface area contributed by atoms with Crippen molar-refractivity contribution in [2.75, 3.05) is 5.32 Å². The van der Waals surface area contributed by atoms with Crippen molar-refractivity contribution in [1.82, 2.24) is 20.2 Å². The maximum Gasteiger partial charge on any atom is 0.245 e. The molecule has 0 aliphatic rings. The molecule has 0 fully saturated rings. The van der Waals surface area contributed by atoms with Gasteiger partial charge in [0.25, 0.3) is 0 Å². The van der Waals surface area contributed by atoms with Gasteiger partial charge in [-0.05, 0) is 39.7 Å². The molecule has 8 heteroatoms. The second-order valence-corrected chi connectivity index (χ2v) is 5.49. The third-order valence-corrected chi connectivity index (χ3v) is 3.40. The van der Waals surface area contributed by atoms with Gasteiger partial charge in [0, 0.05) is 16.1 Å². The first-order chi connectivity index (χ1) is 9.63. The molecule has 3 rings (SSSR count). The zero-order valence-corrected chi connectivity index (χ0v) is 12.9. The molecule has 0 bridgehead atoms. The van der Waals surface area contributed by atoms with Gasteiger partial charge in [0.15, 0.2) is 11.0 Å². The van der Waals surface area contributed by atoms with E-state index >= 15 is 0 Å². The standard InChI is InChI=1S/C12H6BrCl2N5/c13-7-4-6-2-1-3-8(9(6)16-5-7)17-11-10(14)19-20-12(15)18-11/h1-5H,(H,17,18,20). The minimum atomic E-state index is 0.0211. The van der Waals surface area contributed by atoms with Crippen molar-refractivity contribution in [2.24, 2.45) is 0 Å². The number of aromatic nitrogens is 4. The third kappa shape index (κ3) is 2.67. The van der Waals surface area contributed by atoms with E-state index in [0.717, 1.165) is 21.1 Å². The molecular weight excluding hydrogens is 365 g/mol. The molecule has 0 amide bonds. The normalized spacial score (nSPS) is 10.8. The fourth-order valence-electron chi connectivity index (χ4n) is 1.74. The Kier molecular flexibility index (Phi) is 3.69. The van der Waals surface area contributed by atoms with E-state index in [4.69, 9.17) is 23.2 Å². The van der Waals surface area contributed by atoms with Crippen LogP contribution in [0.2, 0.25) is 10.4 Å². The van der Waals surface area contributed by atoms with E-state index in [1.807, 2.05) is 24.3 Å². The van der Waals surface area contributed by atoms with Crippen molar-refractivity contribution in [3.8, 4) is 0 Å². The first kappa shape index (κ1) is 13.5. The number of fused-ring (bicyclic) bond motifs is 1. The van der Waals surface area contributed by atoms with Gasteiger partial charge in [0.05, 0.1) is 11.2 Å². The Balaban J connectivity index is 2.09. The van der Waals surface area contributed by atoms with Crippen LogP contribution >= 0.6 is 39.1 Å². The molecule has 0 unspecified atom stereocenters. The first-order valence-electron chi connectivity index (χ1n) is 5.50. The highest BCUT2D eigenvalue weighted by Crippen LogP contribution is 2.28. The summed E-state index contributed by atoms with van der Waals surface area (Å²) in [6, 6.07) is 7.71. The van der Waals surface area contributed by atoms with Gasteiger partial charge in [-0.25, -0.2) is 0 Å². The summed E-state index contributed by atoms with van der Waals surface area (Å²) in [7, 11) is 0. The number of hydrogen-bond acceptors (Lipinski definition) is 5. The Hall–Kier alpha value is -1.50. The smallest absolute Gasteiger partial charge is 0.245 e. The van der Waals surface area contributed by atoms with E-state index < -0.39 is 0 Å². The predicted octanol–water partition coefficient (Wildman–Crippen LogP) is 4.23. The van der Waals surface area contributed by atoms with Gasteiger partial charge < -0.3 is 5.32 Å². The molecular formula is C12H6BrCl2N5. The molecule has 1 aromatic carbocycles. The van der Waals surface area contributed by atoms with E-state index in [1.165, 1.54) is 0 Å². The maximum atomic E-state index is 5.94. The van der Waals surface area contributed by atoms with Crippen LogP contribution in [0, 0.1) is 0 Å². The summed E-state index contributed by atoms with van der Waals surface area (Å²) < 4.78 is 0.909. The Labute approximate surface area is 132 Å². The van der Waals surface area contributed by atoms with Gasteiger partial charge >= 0.3 is 0 Å². The molecule has 3 aromatic rings. The Bertz CT molecular complexity index is 796. The molecule has 0 spiro atoms. The maximum absolute atomic E-state index is 5.94. The van der Waals surface area contributed by atoms with Gasteiger partial charge in [-0.2, -0.15) is 4.98 Å². The van der Waals surface area contributed by atoms with Crippen LogP contribution in [0.25, 0.3) is 10.9 Å². The second-order valence-electron chi connectivity index (χ2n) is 3.88. The molecule has 1 N–H and O–H groups in total. The summed E-state index contributed by atoms with van der Waals surface area (Å²) in [5, 5.41) is 11.5. The van der Waals surface area contributed by atoms with Crippen molar-refractivity contribution < 1.29 is 0 Å². The molecule has 0 saturated heterocycles. The number of halogens is 3. The number of nitrogens with one attached hydrogen (secondary N) is 1. The number of rotatable bonds is 2. The average Bonchev–Trinajstić information content (AvgIpc) is 2.43. The molecule has 20 heavy (non-hydrogen) atoms. The van der Waals surface area contributed by atoms with Crippen LogP contribution < -0.4 is 5.32 Å². The minimum Gasteiger partial charge on any atom is -0.336 e. The molecule has 0 saturated carbocycles. The van der Waals surface area contributed by atoms with E-state index in [0.29, 0.717) is 5.82 Å². The van der Waals surface area contributed by atoms with Crippen molar-refractivity contribution >= 4 is 61.5 Å². The van der Waals surface area contributed by atoms with Crippen molar-refractivity contribution in [1.29, 1.82) is 0 Å². The SMILES string of the molecule is Clc1nnc(Cl)c(Nc2cccc3cc(Br)cnc23)n1. The van der Waals surface area contributed by atoms with Crippen molar-refractivity contribution in [3.63, 3.8) is 0 Å². The number of para-hydroxylation sites is 1. The largest absolute Gasteiger partial charge is 0.336 e. The van der Waals surface area contributed by atoms with Crippen LogP contribution in [-0.2, 0) is 0 Å². The van der Waals surface area contributed by atoms with Crippen LogP contribution in [-0.4, -0.2) is 20.2 Å². The zero-order valence-electron chi connectivity index (χ0n) is 9.81. The van der Waals surface area contributed by atoms with E-state index in [9.17, 15) is 0 Å². The van der Waals surface area contributed by atoms with Crippen molar-refractivity contribution in [2.45, 2.75) is 0 Å². The van der Waals surface area contributed by atoms with E-state index in [1.54, 1.807) is 6.20 Å². The molecule has 5 nitrogen and oxygen atoms in total. The highest BCUT2D eigenvalue weighted by Gasteiger charge is 2.09.